The summed E-state index contributed by atoms with van der Waals surface area (Å²) in [5.74, 6) is 0. The topological polar surface area (TPSA) is 35.0 Å². The van der Waals surface area contributed by atoms with Gasteiger partial charge in [0.15, 0.2) is 0 Å². The minimum Gasteiger partial charge on any atom is -0.344 e. The van der Waals surface area contributed by atoms with Gasteiger partial charge in [-0.1, -0.05) is 18.2 Å². The Morgan fingerprint density at radius 1 is 0.867 bits per heavy atom. The first-order chi connectivity index (χ1) is 6.29. The molecule has 88 valence electrons. The summed E-state index contributed by atoms with van der Waals surface area (Å²) < 4.78 is 1.10. The average molecular weight is 323 g/mol. The van der Waals surface area contributed by atoms with E-state index in [-0.39, 0.29) is 30.1 Å². The molecule has 0 aliphatic heterocycles. The Morgan fingerprint density at radius 3 is 1.60 bits per heavy atom. The highest BCUT2D eigenvalue weighted by Gasteiger charge is 2.23. The smallest absolute Gasteiger partial charge is 0.132 e. The zero-order chi connectivity index (χ0) is 9.73. The van der Waals surface area contributed by atoms with Gasteiger partial charge in [0, 0.05) is 0 Å². The second kappa shape index (κ2) is 8.07. The first-order valence-electron chi connectivity index (χ1n) is 5.20. The minimum atomic E-state index is 0. The molecule has 0 fully saturated rings. The van der Waals surface area contributed by atoms with Crippen LogP contribution in [-0.4, -0.2) is 19.6 Å². The van der Waals surface area contributed by atoms with Crippen molar-refractivity contribution in [2.45, 2.75) is 20.8 Å². The van der Waals surface area contributed by atoms with Crippen molar-refractivity contribution in [1.29, 1.82) is 0 Å². The molecule has 0 radical (unpaired) electrons. The monoisotopic (exact) mass is 323 g/mol. The van der Waals surface area contributed by atoms with Crippen molar-refractivity contribution < 1.29 is 0 Å². The Morgan fingerprint density at radius 2 is 1.27 bits per heavy atom. The predicted molar refractivity (Wildman–Crippen MR) is 80.3 cm³/mol. The molecule has 0 atom stereocenters. The Hall–Kier alpha value is -0.130. The van der Waals surface area contributed by atoms with Gasteiger partial charge in [0.05, 0.1) is 19.6 Å². The SMILES string of the molecule is CC[N+](CC)(CC)c1ccccc1.I.N. The molecule has 0 unspecified atom stereocenters. The van der Waals surface area contributed by atoms with Crippen molar-refractivity contribution in [1.82, 2.24) is 10.6 Å². The van der Waals surface area contributed by atoms with E-state index in [4.69, 9.17) is 0 Å². The number of quaternary nitrogens is 1. The summed E-state index contributed by atoms with van der Waals surface area (Å²) >= 11 is 0. The zero-order valence-electron chi connectivity index (χ0n) is 10.1. The number of benzene rings is 1. The molecule has 0 aliphatic carbocycles. The van der Waals surface area contributed by atoms with Crippen LogP contribution < -0.4 is 10.6 Å². The van der Waals surface area contributed by atoms with Crippen molar-refractivity contribution >= 4 is 29.7 Å². The molecule has 0 bridgehead atoms. The molecule has 1 aromatic rings. The minimum absolute atomic E-state index is 0. The van der Waals surface area contributed by atoms with Gasteiger partial charge in [-0.3, -0.25) is 4.48 Å². The Kier molecular flexibility index (Phi) is 9.29. The van der Waals surface area contributed by atoms with Crippen LogP contribution in [0, 0.1) is 0 Å². The first-order valence-corrected chi connectivity index (χ1v) is 5.20. The van der Waals surface area contributed by atoms with E-state index in [2.05, 4.69) is 51.1 Å². The number of hydrogen-bond donors (Lipinski definition) is 1. The van der Waals surface area contributed by atoms with Gasteiger partial charge in [-0.15, -0.1) is 24.0 Å². The molecule has 0 aliphatic rings. The molecule has 3 N–H and O–H groups in total. The highest BCUT2D eigenvalue weighted by molar-refractivity contribution is 14.0. The summed E-state index contributed by atoms with van der Waals surface area (Å²) in [6, 6.07) is 10.8. The number of hydrogen-bond acceptors (Lipinski definition) is 1. The maximum atomic E-state index is 2.26. The summed E-state index contributed by atoms with van der Waals surface area (Å²) in [5.41, 5.74) is 1.44. The fourth-order valence-corrected chi connectivity index (χ4v) is 1.96. The van der Waals surface area contributed by atoms with E-state index in [1.807, 2.05) is 0 Å². The highest BCUT2D eigenvalue weighted by atomic mass is 127. The fourth-order valence-electron chi connectivity index (χ4n) is 1.96. The van der Waals surface area contributed by atoms with Crippen LogP contribution in [-0.2, 0) is 0 Å². The van der Waals surface area contributed by atoms with Crippen LogP contribution in [0.25, 0.3) is 0 Å². The van der Waals surface area contributed by atoms with E-state index in [0.29, 0.717) is 0 Å². The normalized spacial score (nSPS) is 10.1. The Balaban J connectivity index is 0. The summed E-state index contributed by atoms with van der Waals surface area (Å²) in [6.07, 6.45) is 0. The largest absolute Gasteiger partial charge is 0.344 e. The van der Waals surface area contributed by atoms with E-state index >= 15 is 0 Å². The van der Waals surface area contributed by atoms with E-state index < -0.39 is 0 Å². The Labute approximate surface area is 111 Å². The molecule has 1 rings (SSSR count). The average Bonchev–Trinajstić information content (AvgIpc) is 2.23. The third kappa shape index (κ3) is 3.74. The molecule has 0 saturated heterocycles. The molecule has 3 heteroatoms. The molecule has 0 aromatic heterocycles. The van der Waals surface area contributed by atoms with Crippen LogP contribution in [0.3, 0.4) is 0 Å². The summed E-state index contributed by atoms with van der Waals surface area (Å²) in [5, 5.41) is 0. The highest BCUT2D eigenvalue weighted by Crippen LogP contribution is 2.21. The molecular formula is C12H24IN2+. The summed E-state index contributed by atoms with van der Waals surface area (Å²) in [7, 11) is 0. The quantitative estimate of drug-likeness (QED) is 0.663. The van der Waals surface area contributed by atoms with Crippen LogP contribution in [0.5, 0.6) is 0 Å². The van der Waals surface area contributed by atoms with Crippen molar-refractivity contribution in [2.24, 2.45) is 0 Å². The lowest BCUT2D eigenvalue weighted by Crippen LogP contribution is -2.48. The molecule has 0 spiro atoms. The summed E-state index contributed by atoms with van der Waals surface area (Å²) in [4.78, 5) is 0. The Bertz CT molecular complexity index is 237. The molecule has 1 aromatic carbocycles. The van der Waals surface area contributed by atoms with Crippen LogP contribution in [0.2, 0.25) is 0 Å². The lowest BCUT2D eigenvalue weighted by molar-refractivity contribution is 0.316. The summed E-state index contributed by atoms with van der Waals surface area (Å²) in [6.45, 7) is 10.3. The van der Waals surface area contributed by atoms with Crippen molar-refractivity contribution in [3.63, 3.8) is 0 Å². The van der Waals surface area contributed by atoms with Gasteiger partial charge in [0.1, 0.15) is 5.69 Å². The van der Waals surface area contributed by atoms with Crippen LogP contribution >= 0.6 is 24.0 Å². The van der Waals surface area contributed by atoms with Crippen LogP contribution in [0.4, 0.5) is 5.69 Å². The number of nitrogens with zero attached hydrogens (tertiary/aromatic N) is 1. The lowest BCUT2D eigenvalue weighted by atomic mass is 10.2. The third-order valence-electron chi connectivity index (χ3n) is 3.12. The van der Waals surface area contributed by atoms with E-state index in [1.54, 1.807) is 0 Å². The number of halogens is 1. The first kappa shape index (κ1) is 17.3. The molecule has 0 amide bonds. The number of rotatable bonds is 4. The third-order valence-corrected chi connectivity index (χ3v) is 3.12. The zero-order valence-corrected chi connectivity index (χ0v) is 12.4. The molecular weight excluding hydrogens is 299 g/mol. The molecule has 15 heavy (non-hydrogen) atoms. The van der Waals surface area contributed by atoms with Gasteiger partial charge in [0.25, 0.3) is 0 Å². The number of para-hydroxylation sites is 1. The van der Waals surface area contributed by atoms with Gasteiger partial charge < -0.3 is 6.15 Å². The van der Waals surface area contributed by atoms with Gasteiger partial charge in [-0.25, -0.2) is 0 Å². The maximum absolute atomic E-state index is 2.26. The molecule has 0 saturated carbocycles. The van der Waals surface area contributed by atoms with Crippen molar-refractivity contribution in [2.75, 3.05) is 19.6 Å². The van der Waals surface area contributed by atoms with Crippen molar-refractivity contribution in [3.8, 4) is 0 Å². The lowest BCUT2D eigenvalue weighted by Gasteiger charge is -2.35. The van der Waals surface area contributed by atoms with Crippen molar-refractivity contribution in [3.05, 3.63) is 30.3 Å². The van der Waals surface area contributed by atoms with Gasteiger partial charge in [0.2, 0.25) is 0 Å². The second-order valence-electron chi connectivity index (χ2n) is 3.43. The van der Waals surface area contributed by atoms with Gasteiger partial charge in [-0.2, -0.15) is 0 Å². The van der Waals surface area contributed by atoms with Crippen LogP contribution in [0.15, 0.2) is 30.3 Å². The van der Waals surface area contributed by atoms with E-state index in [1.165, 1.54) is 25.3 Å². The van der Waals surface area contributed by atoms with Crippen LogP contribution in [0.1, 0.15) is 20.8 Å². The maximum Gasteiger partial charge on any atom is 0.132 e. The second-order valence-corrected chi connectivity index (χ2v) is 3.43. The van der Waals surface area contributed by atoms with E-state index in [9.17, 15) is 0 Å². The van der Waals surface area contributed by atoms with Gasteiger partial charge in [-0.05, 0) is 32.9 Å². The standard InChI is InChI=1S/C12H20N.HI.H3N/c1-4-13(5-2,6-3)12-10-8-7-9-11-12;;/h7-11H,4-6H2,1-3H3;1H;1H3/q+1;;. The molecule has 2 nitrogen and oxygen atoms in total. The van der Waals surface area contributed by atoms with E-state index in [0.717, 1.165) is 4.48 Å². The molecule has 0 heterocycles. The van der Waals surface area contributed by atoms with Gasteiger partial charge >= 0.3 is 0 Å². The fraction of sp³-hybridized carbons (Fsp3) is 0.500. The predicted octanol–water partition coefficient (Wildman–Crippen LogP) is 3.83.